The molecule has 4 rings (SSSR count). The van der Waals surface area contributed by atoms with Crippen molar-refractivity contribution in [2.24, 2.45) is 0 Å². The van der Waals surface area contributed by atoms with Gasteiger partial charge in [-0.2, -0.15) is 0 Å². The predicted molar refractivity (Wildman–Crippen MR) is 122 cm³/mol. The van der Waals surface area contributed by atoms with Crippen LogP contribution in [0, 0.1) is 13.8 Å². The van der Waals surface area contributed by atoms with Gasteiger partial charge in [-0.05, 0) is 68.5 Å². The first-order chi connectivity index (χ1) is 14.5. The van der Waals surface area contributed by atoms with E-state index in [1.165, 1.54) is 5.56 Å². The molecule has 0 N–H and O–H groups in total. The van der Waals surface area contributed by atoms with E-state index in [4.69, 9.17) is 14.5 Å². The molecule has 1 aliphatic rings. The Hall–Kier alpha value is -2.44. The molecule has 0 bridgehead atoms. The van der Waals surface area contributed by atoms with Crippen LogP contribution in [0.1, 0.15) is 36.5 Å². The zero-order valence-electron chi connectivity index (χ0n) is 17.8. The summed E-state index contributed by atoms with van der Waals surface area (Å²) in [6, 6.07) is 12.0. The fraction of sp³-hybridized carbons (Fsp3) is 0.417. The lowest BCUT2D eigenvalue weighted by molar-refractivity contribution is -0.118. The Labute approximate surface area is 181 Å². The Kier molecular flexibility index (Phi) is 6.35. The summed E-state index contributed by atoms with van der Waals surface area (Å²) in [6.45, 7) is 8.07. The fourth-order valence-corrected chi connectivity index (χ4v) is 5.06. The van der Waals surface area contributed by atoms with Crippen LogP contribution in [0.25, 0.3) is 10.2 Å². The van der Waals surface area contributed by atoms with Gasteiger partial charge < -0.3 is 9.47 Å². The number of aromatic nitrogens is 1. The molecule has 0 radical (unpaired) electrons. The number of hydrogen-bond acceptors (Lipinski definition) is 5. The standard InChI is InChI=1S/C24H28N2O3S/c1-4-28-19-9-7-18(8-10-19)14-22(27)26(15-20-6-5-11-29-20)24-25-23-17(3)12-16(2)13-21(23)30-24/h7-10,12-13,20H,4-6,11,14-15H2,1-3H3. The van der Waals surface area contributed by atoms with E-state index < -0.39 is 0 Å². The van der Waals surface area contributed by atoms with Gasteiger partial charge in [-0.3, -0.25) is 9.69 Å². The summed E-state index contributed by atoms with van der Waals surface area (Å²) in [4.78, 5) is 20.0. The Balaban J connectivity index is 1.60. The van der Waals surface area contributed by atoms with Crippen molar-refractivity contribution in [3.63, 3.8) is 0 Å². The van der Waals surface area contributed by atoms with E-state index in [9.17, 15) is 4.79 Å². The largest absolute Gasteiger partial charge is 0.494 e. The van der Waals surface area contributed by atoms with Crippen molar-refractivity contribution in [3.05, 3.63) is 53.1 Å². The highest BCUT2D eigenvalue weighted by molar-refractivity contribution is 7.22. The van der Waals surface area contributed by atoms with Crippen molar-refractivity contribution in [1.82, 2.24) is 4.98 Å². The molecule has 0 aliphatic carbocycles. The van der Waals surface area contributed by atoms with Crippen molar-refractivity contribution in [2.75, 3.05) is 24.7 Å². The third-order valence-corrected chi connectivity index (χ3v) is 6.38. The van der Waals surface area contributed by atoms with E-state index in [1.807, 2.05) is 36.1 Å². The third-order valence-electron chi connectivity index (χ3n) is 5.35. The van der Waals surface area contributed by atoms with E-state index in [0.29, 0.717) is 19.6 Å². The van der Waals surface area contributed by atoms with Crippen LogP contribution in [0.4, 0.5) is 5.13 Å². The van der Waals surface area contributed by atoms with Gasteiger partial charge in [0.1, 0.15) is 5.75 Å². The van der Waals surface area contributed by atoms with Gasteiger partial charge in [0.15, 0.2) is 5.13 Å². The van der Waals surface area contributed by atoms with Crippen molar-refractivity contribution in [1.29, 1.82) is 0 Å². The highest BCUT2D eigenvalue weighted by atomic mass is 32.1. The lowest BCUT2D eigenvalue weighted by atomic mass is 10.1. The molecule has 5 nitrogen and oxygen atoms in total. The summed E-state index contributed by atoms with van der Waals surface area (Å²) in [5, 5.41) is 0.755. The van der Waals surface area contributed by atoms with Gasteiger partial charge in [0.05, 0.1) is 35.9 Å². The highest BCUT2D eigenvalue weighted by Crippen LogP contribution is 2.33. The second kappa shape index (κ2) is 9.14. The number of ether oxygens (including phenoxy) is 2. The quantitative estimate of drug-likeness (QED) is 0.532. The maximum Gasteiger partial charge on any atom is 0.233 e. The fourth-order valence-electron chi connectivity index (χ4n) is 3.89. The van der Waals surface area contributed by atoms with Crippen molar-refractivity contribution in [2.45, 2.75) is 46.1 Å². The number of rotatable bonds is 7. The molecule has 6 heteroatoms. The predicted octanol–water partition coefficient (Wildman–Crippen LogP) is 5.07. The maximum absolute atomic E-state index is 13.3. The Morgan fingerprint density at radius 1 is 1.27 bits per heavy atom. The van der Waals surface area contributed by atoms with E-state index >= 15 is 0 Å². The molecule has 2 heterocycles. The molecule has 1 fully saturated rings. The molecule has 2 aromatic carbocycles. The summed E-state index contributed by atoms with van der Waals surface area (Å²) in [6.07, 6.45) is 2.43. The van der Waals surface area contributed by atoms with Crippen molar-refractivity contribution >= 4 is 32.6 Å². The first-order valence-electron chi connectivity index (χ1n) is 10.5. The number of nitrogens with zero attached hydrogens (tertiary/aromatic N) is 2. The molecule has 30 heavy (non-hydrogen) atoms. The Morgan fingerprint density at radius 3 is 2.77 bits per heavy atom. The lowest BCUT2D eigenvalue weighted by Gasteiger charge is -2.23. The SMILES string of the molecule is CCOc1ccc(CC(=O)N(CC2CCCO2)c2nc3c(C)cc(C)cc3s2)cc1. The van der Waals surface area contributed by atoms with Gasteiger partial charge in [0, 0.05) is 6.61 Å². The number of carbonyl (C=O) groups is 1. The zero-order chi connectivity index (χ0) is 21.1. The molecule has 1 unspecified atom stereocenters. The minimum atomic E-state index is 0.0445. The first-order valence-corrected chi connectivity index (χ1v) is 11.4. The molecule has 0 saturated carbocycles. The van der Waals surface area contributed by atoms with E-state index in [2.05, 4.69) is 26.0 Å². The molecule has 0 spiro atoms. The molecule has 158 valence electrons. The average Bonchev–Trinajstić information content (AvgIpc) is 3.37. The molecule has 1 aliphatic heterocycles. The summed E-state index contributed by atoms with van der Waals surface area (Å²) in [7, 11) is 0. The average molecular weight is 425 g/mol. The molecule has 3 aromatic rings. The van der Waals surface area contributed by atoms with Crippen LogP contribution in [0.5, 0.6) is 5.75 Å². The maximum atomic E-state index is 13.3. The molecule has 1 atom stereocenters. The van der Waals surface area contributed by atoms with Gasteiger partial charge in [-0.25, -0.2) is 4.98 Å². The number of anilines is 1. The monoisotopic (exact) mass is 424 g/mol. The van der Waals surface area contributed by atoms with Gasteiger partial charge in [-0.1, -0.05) is 29.5 Å². The number of thiazole rings is 1. The van der Waals surface area contributed by atoms with Gasteiger partial charge in [0.2, 0.25) is 5.91 Å². The van der Waals surface area contributed by atoms with Crippen LogP contribution in [-0.4, -0.2) is 36.8 Å². The summed E-state index contributed by atoms with van der Waals surface area (Å²) in [5.41, 5.74) is 4.30. The third kappa shape index (κ3) is 4.65. The number of carbonyl (C=O) groups excluding carboxylic acids is 1. The number of benzene rings is 2. The highest BCUT2D eigenvalue weighted by Gasteiger charge is 2.26. The van der Waals surface area contributed by atoms with Gasteiger partial charge in [0.25, 0.3) is 0 Å². The Morgan fingerprint density at radius 2 is 2.07 bits per heavy atom. The zero-order valence-corrected chi connectivity index (χ0v) is 18.6. The minimum Gasteiger partial charge on any atom is -0.494 e. The first kappa shape index (κ1) is 20.8. The normalized spacial score (nSPS) is 16.2. The number of amides is 1. The van der Waals surface area contributed by atoms with Crippen LogP contribution in [0.3, 0.4) is 0 Å². The second-order valence-electron chi connectivity index (χ2n) is 7.82. The molecule has 1 amide bonds. The minimum absolute atomic E-state index is 0.0445. The molecular weight excluding hydrogens is 396 g/mol. The second-order valence-corrected chi connectivity index (χ2v) is 8.83. The van der Waals surface area contributed by atoms with Gasteiger partial charge in [-0.15, -0.1) is 0 Å². The van der Waals surface area contributed by atoms with Crippen LogP contribution in [0.15, 0.2) is 36.4 Å². The van der Waals surface area contributed by atoms with Crippen LogP contribution >= 0.6 is 11.3 Å². The number of fused-ring (bicyclic) bond motifs is 1. The van der Waals surface area contributed by atoms with E-state index in [-0.39, 0.29) is 12.0 Å². The van der Waals surface area contributed by atoms with Crippen LogP contribution < -0.4 is 9.64 Å². The lowest BCUT2D eigenvalue weighted by Crippen LogP contribution is -2.38. The number of aryl methyl sites for hydroxylation is 2. The number of hydrogen-bond donors (Lipinski definition) is 0. The van der Waals surface area contributed by atoms with Crippen molar-refractivity contribution in [3.8, 4) is 5.75 Å². The summed E-state index contributed by atoms with van der Waals surface area (Å²) < 4.78 is 12.5. The summed E-state index contributed by atoms with van der Waals surface area (Å²) >= 11 is 1.58. The Bertz CT molecular complexity index is 1020. The van der Waals surface area contributed by atoms with Crippen LogP contribution in [0.2, 0.25) is 0 Å². The van der Waals surface area contributed by atoms with Crippen LogP contribution in [-0.2, 0) is 16.0 Å². The van der Waals surface area contributed by atoms with Gasteiger partial charge >= 0.3 is 0 Å². The molecule has 1 aromatic heterocycles. The smallest absolute Gasteiger partial charge is 0.233 e. The van der Waals surface area contributed by atoms with Crippen molar-refractivity contribution < 1.29 is 14.3 Å². The van der Waals surface area contributed by atoms with E-state index in [0.717, 1.165) is 51.7 Å². The topological polar surface area (TPSA) is 51.7 Å². The van der Waals surface area contributed by atoms with E-state index in [1.54, 1.807) is 11.3 Å². The molecular formula is C24H28N2O3S. The molecule has 1 saturated heterocycles. The summed E-state index contributed by atoms with van der Waals surface area (Å²) in [5.74, 6) is 0.866.